The first-order chi connectivity index (χ1) is 13.8. The minimum absolute atomic E-state index is 0.259. The topological polar surface area (TPSA) is 127 Å². The number of fused-ring (bicyclic) bond motifs is 1. The molecular weight excluding hydrogens is 396 g/mol. The fourth-order valence-corrected chi connectivity index (χ4v) is 4.07. The maximum atomic E-state index is 11.5. The summed E-state index contributed by atoms with van der Waals surface area (Å²) in [4.78, 5) is 19.4. The van der Waals surface area contributed by atoms with E-state index in [2.05, 4.69) is 9.88 Å². The van der Waals surface area contributed by atoms with Crippen LogP contribution in [0.4, 0.5) is 11.4 Å². The van der Waals surface area contributed by atoms with Gasteiger partial charge >= 0.3 is 0 Å². The van der Waals surface area contributed by atoms with Gasteiger partial charge in [0.05, 0.1) is 15.5 Å². The Kier molecular flexibility index (Phi) is 4.94. The van der Waals surface area contributed by atoms with Crippen LogP contribution in [0.2, 0.25) is 0 Å². The van der Waals surface area contributed by atoms with Crippen molar-refractivity contribution in [1.82, 2.24) is 14.3 Å². The van der Waals surface area contributed by atoms with E-state index in [1.165, 1.54) is 12.1 Å². The Labute approximate surface area is 167 Å². The maximum Gasteiger partial charge on any atom is 0.293 e. The van der Waals surface area contributed by atoms with Crippen LogP contribution in [0, 0.1) is 10.1 Å². The first-order valence-corrected chi connectivity index (χ1v) is 10.6. The molecule has 0 amide bonds. The summed E-state index contributed by atoms with van der Waals surface area (Å²) < 4.78 is 25.0. The molecule has 3 aromatic rings. The van der Waals surface area contributed by atoms with Crippen molar-refractivity contribution in [3.8, 4) is 0 Å². The second kappa shape index (κ2) is 7.43. The fourth-order valence-electron chi connectivity index (χ4n) is 3.53. The molecule has 1 aliphatic heterocycles. The lowest BCUT2D eigenvalue weighted by molar-refractivity contribution is -0.384. The Morgan fingerprint density at radius 1 is 1.14 bits per heavy atom. The highest BCUT2D eigenvalue weighted by molar-refractivity contribution is 7.89. The smallest absolute Gasteiger partial charge is 0.293 e. The van der Waals surface area contributed by atoms with E-state index in [9.17, 15) is 18.5 Å². The van der Waals surface area contributed by atoms with Gasteiger partial charge in [0.1, 0.15) is 11.3 Å². The van der Waals surface area contributed by atoms with Crippen molar-refractivity contribution < 1.29 is 13.3 Å². The van der Waals surface area contributed by atoms with Crippen molar-refractivity contribution in [2.24, 2.45) is 5.14 Å². The van der Waals surface area contributed by atoms with Gasteiger partial charge < -0.3 is 9.30 Å². The van der Waals surface area contributed by atoms with Gasteiger partial charge in [-0.3, -0.25) is 15.0 Å². The molecule has 0 spiro atoms. The molecule has 0 saturated carbocycles. The number of piperazine rings is 1. The van der Waals surface area contributed by atoms with Crippen molar-refractivity contribution in [2.75, 3.05) is 31.1 Å². The second-order valence-electron chi connectivity index (χ2n) is 6.91. The Morgan fingerprint density at radius 3 is 2.55 bits per heavy atom. The minimum atomic E-state index is -4.00. The summed E-state index contributed by atoms with van der Waals surface area (Å²) in [5, 5.41) is 16.6. The van der Waals surface area contributed by atoms with Gasteiger partial charge in [0.25, 0.3) is 5.69 Å². The van der Waals surface area contributed by atoms with E-state index in [-0.39, 0.29) is 10.6 Å². The Hall–Kier alpha value is -3.02. The van der Waals surface area contributed by atoms with Gasteiger partial charge in [-0.05, 0) is 24.3 Å². The van der Waals surface area contributed by atoms with Gasteiger partial charge in [-0.1, -0.05) is 6.07 Å². The third-order valence-corrected chi connectivity index (χ3v) is 5.90. The summed E-state index contributed by atoms with van der Waals surface area (Å²) in [6, 6.07) is 9.63. The number of hydrogen-bond donors (Lipinski definition) is 1. The number of benzene rings is 1. The van der Waals surface area contributed by atoms with Gasteiger partial charge in [-0.15, -0.1) is 0 Å². The zero-order valence-electron chi connectivity index (χ0n) is 15.5. The predicted octanol–water partition coefficient (Wildman–Crippen LogP) is 1.21. The second-order valence-corrected chi connectivity index (χ2v) is 8.48. The summed E-state index contributed by atoms with van der Waals surface area (Å²) in [7, 11) is -4.00. The lowest BCUT2D eigenvalue weighted by Gasteiger charge is -2.35. The van der Waals surface area contributed by atoms with Crippen LogP contribution in [0.1, 0.15) is 5.69 Å². The van der Waals surface area contributed by atoms with E-state index < -0.39 is 14.9 Å². The molecular formula is C18H20N6O4S. The Morgan fingerprint density at radius 2 is 1.90 bits per heavy atom. The summed E-state index contributed by atoms with van der Waals surface area (Å²) in [6.07, 6.45) is 3.95. The number of aromatic nitrogens is 2. The normalized spacial score (nSPS) is 15.7. The van der Waals surface area contributed by atoms with E-state index in [0.717, 1.165) is 17.4 Å². The van der Waals surface area contributed by atoms with Gasteiger partial charge in [0.15, 0.2) is 0 Å². The van der Waals surface area contributed by atoms with Crippen LogP contribution < -0.4 is 10.0 Å². The largest absolute Gasteiger partial charge is 0.363 e. The van der Waals surface area contributed by atoms with Gasteiger partial charge in [0.2, 0.25) is 10.0 Å². The van der Waals surface area contributed by atoms with Crippen LogP contribution in [0.25, 0.3) is 5.65 Å². The molecule has 0 atom stereocenters. The summed E-state index contributed by atoms with van der Waals surface area (Å²) in [5.41, 5.74) is 2.00. The average Bonchev–Trinajstić information content (AvgIpc) is 3.09. The third-order valence-electron chi connectivity index (χ3n) is 4.98. The molecule has 10 nitrogen and oxygen atoms in total. The molecule has 1 fully saturated rings. The molecule has 0 aliphatic carbocycles. The number of imidazole rings is 1. The maximum absolute atomic E-state index is 11.5. The van der Waals surface area contributed by atoms with Gasteiger partial charge in [-0.25, -0.2) is 18.5 Å². The zero-order valence-corrected chi connectivity index (χ0v) is 16.3. The van der Waals surface area contributed by atoms with Crippen LogP contribution in [0.15, 0.2) is 53.7 Å². The number of nitro groups is 1. The van der Waals surface area contributed by atoms with E-state index in [0.29, 0.717) is 38.4 Å². The SMILES string of the molecule is NS(=O)(=O)c1ccc(N2CCN(Cc3cn4ccccc4n3)CC2)c([N+](=O)[O-])c1. The summed E-state index contributed by atoms with van der Waals surface area (Å²) in [6.45, 7) is 3.29. The van der Waals surface area contributed by atoms with Gasteiger partial charge in [0, 0.05) is 51.2 Å². The highest BCUT2D eigenvalue weighted by Crippen LogP contribution is 2.31. The van der Waals surface area contributed by atoms with Crippen molar-refractivity contribution in [2.45, 2.75) is 11.4 Å². The molecule has 152 valence electrons. The monoisotopic (exact) mass is 416 g/mol. The number of nitrogens with zero attached hydrogens (tertiary/aromatic N) is 5. The van der Waals surface area contributed by atoms with Crippen molar-refractivity contribution >= 4 is 27.0 Å². The molecule has 11 heteroatoms. The highest BCUT2D eigenvalue weighted by atomic mass is 32.2. The number of pyridine rings is 1. The number of rotatable bonds is 5. The molecule has 0 radical (unpaired) electrons. The minimum Gasteiger partial charge on any atom is -0.363 e. The van der Waals surface area contributed by atoms with E-state index in [1.54, 1.807) is 0 Å². The molecule has 1 saturated heterocycles. The molecule has 29 heavy (non-hydrogen) atoms. The highest BCUT2D eigenvalue weighted by Gasteiger charge is 2.26. The molecule has 0 bridgehead atoms. The number of hydrogen-bond acceptors (Lipinski definition) is 7. The van der Waals surface area contributed by atoms with Crippen molar-refractivity contribution in [3.05, 3.63) is 64.6 Å². The fraction of sp³-hybridized carbons (Fsp3) is 0.278. The number of nitrogens with two attached hydrogens (primary N) is 1. The summed E-state index contributed by atoms with van der Waals surface area (Å²) in [5.74, 6) is 0. The summed E-state index contributed by atoms with van der Waals surface area (Å²) >= 11 is 0. The van der Waals surface area contributed by atoms with Crippen LogP contribution in [-0.4, -0.2) is 53.8 Å². The number of primary sulfonamides is 1. The first kappa shape index (κ1) is 19.3. The Balaban J connectivity index is 1.47. The number of sulfonamides is 1. The van der Waals surface area contributed by atoms with Crippen LogP contribution >= 0.6 is 0 Å². The first-order valence-electron chi connectivity index (χ1n) is 9.02. The standard InChI is InChI=1S/C18H20N6O4S/c19-29(27,28)15-4-5-16(17(11-15)24(25)26)22-9-7-21(8-10-22)12-14-13-23-6-2-1-3-18(23)20-14/h1-6,11,13H,7-10,12H2,(H2,19,27,28). The molecule has 0 unspecified atom stereocenters. The zero-order chi connectivity index (χ0) is 20.6. The van der Waals surface area contributed by atoms with Crippen LogP contribution in [0.5, 0.6) is 0 Å². The molecule has 3 heterocycles. The number of anilines is 1. The number of nitro benzene ring substituents is 1. The molecule has 1 aliphatic rings. The van der Waals surface area contributed by atoms with Crippen LogP contribution in [-0.2, 0) is 16.6 Å². The predicted molar refractivity (Wildman–Crippen MR) is 107 cm³/mol. The quantitative estimate of drug-likeness (QED) is 0.489. The molecule has 1 aromatic carbocycles. The molecule has 2 aromatic heterocycles. The van der Waals surface area contributed by atoms with Gasteiger partial charge in [-0.2, -0.15) is 0 Å². The Bertz CT molecular complexity index is 1140. The van der Waals surface area contributed by atoms with E-state index in [1.807, 2.05) is 39.9 Å². The van der Waals surface area contributed by atoms with Crippen molar-refractivity contribution in [3.63, 3.8) is 0 Å². The molecule has 4 rings (SSSR count). The van der Waals surface area contributed by atoms with Crippen LogP contribution in [0.3, 0.4) is 0 Å². The van der Waals surface area contributed by atoms with E-state index >= 15 is 0 Å². The van der Waals surface area contributed by atoms with E-state index in [4.69, 9.17) is 5.14 Å². The molecule has 2 N–H and O–H groups in total. The third kappa shape index (κ3) is 4.06. The van der Waals surface area contributed by atoms with Crippen molar-refractivity contribution in [1.29, 1.82) is 0 Å². The lowest BCUT2D eigenvalue weighted by Crippen LogP contribution is -2.46. The average molecular weight is 416 g/mol. The lowest BCUT2D eigenvalue weighted by atomic mass is 10.2.